The number of alkyl halides is 1. The van der Waals surface area contributed by atoms with Crippen LogP contribution in [0.2, 0.25) is 0 Å². The maximum absolute atomic E-state index is 15.6. The molecule has 0 spiro atoms. The topological polar surface area (TPSA) is 271 Å². The summed E-state index contributed by atoms with van der Waals surface area (Å²) in [6, 6.07) is 0. The van der Waals surface area contributed by atoms with Crippen molar-refractivity contribution in [2.75, 3.05) is 18.5 Å². The Bertz CT molecular complexity index is 2030. The van der Waals surface area contributed by atoms with E-state index in [4.69, 9.17) is 13.7 Å². The van der Waals surface area contributed by atoms with Gasteiger partial charge in [0, 0.05) is 18.4 Å². The zero-order valence-electron chi connectivity index (χ0n) is 25.0. The van der Waals surface area contributed by atoms with Gasteiger partial charge in [-0.15, -0.1) is 0 Å². The van der Waals surface area contributed by atoms with Crippen LogP contribution in [-0.2, 0) is 28.8 Å². The van der Waals surface area contributed by atoms with Gasteiger partial charge >= 0.3 is 10.3 Å². The number of rotatable bonds is 10. The van der Waals surface area contributed by atoms with E-state index in [2.05, 4.69) is 39.9 Å². The minimum absolute atomic E-state index is 0.00100. The van der Waals surface area contributed by atoms with E-state index in [1.165, 1.54) is 10.9 Å². The quantitative estimate of drug-likeness (QED) is 0.108. The van der Waals surface area contributed by atoms with Gasteiger partial charge in [-0.2, -0.15) is 18.1 Å². The van der Waals surface area contributed by atoms with Gasteiger partial charge in [-0.3, -0.25) is 33.8 Å². The van der Waals surface area contributed by atoms with Crippen molar-refractivity contribution in [2.45, 2.75) is 63.8 Å². The summed E-state index contributed by atoms with van der Waals surface area (Å²) in [6.45, 7) is 3.69. The highest BCUT2D eigenvalue weighted by Gasteiger charge is 2.50. The summed E-state index contributed by atoms with van der Waals surface area (Å²) in [7, 11) is -4.70. The molecule has 0 radical (unpaired) electrons. The number of nitrogens with zero attached hydrogens (tertiary/aromatic N) is 6. The monoisotopic (exact) mass is 682 g/mol. The van der Waals surface area contributed by atoms with E-state index in [-0.39, 0.29) is 28.3 Å². The van der Waals surface area contributed by atoms with Crippen LogP contribution >= 0.6 is 0 Å². The van der Waals surface area contributed by atoms with Gasteiger partial charge in [0.1, 0.15) is 18.3 Å². The van der Waals surface area contributed by atoms with Crippen molar-refractivity contribution in [1.29, 1.82) is 0 Å². The van der Waals surface area contributed by atoms with Crippen molar-refractivity contribution < 1.29 is 41.5 Å². The molecule has 4 aromatic heterocycles. The van der Waals surface area contributed by atoms with E-state index in [0.29, 0.717) is 0 Å². The zero-order valence-corrected chi connectivity index (χ0v) is 25.8. The molecular weight excluding hydrogens is 651 g/mol. The molecule has 8 atom stereocenters. The molecule has 0 aromatic carbocycles. The first-order valence-electron chi connectivity index (χ1n) is 14.4. The van der Waals surface area contributed by atoms with Crippen LogP contribution in [0.4, 0.5) is 10.3 Å². The van der Waals surface area contributed by atoms with Gasteiger partial charge in [-0.05, 0) is 0 Å². The van der Waals surface area contributed by atoms with Crippen molar-refractivity contribution >= 4 is 44.5 Å². The van der Waals surface area contributed by atoms with E-state index in [0.717, 1.165) is 17.2 Å². The van der Waals surface area contributed by atoms with Crippen LogP contribution in [0.3, 0.4) is 0 Å². The van der Waals surface area contributed by atoms with E-state index in [9.17, 15) is 33.0 Å². The average molecular weight is 683 g/mol. The molecule has 20 nitrogen and oxygen atoms in total. The molecular formula is C25H31FN10O10S. The van der Waals surface area contributed by atoms with Crippen LogP contribution < -0.4 is 21.2 Å². The van der Waals surface area contributed by atoms with Gasteiger partial charge in [0.2, 0.25) is 11.9 Å². The molecule has 2 fully saturated rings. The third kappa shape index (κ3) is 6.03. The van der Waals surface area contributed by atoms with Crippen molar-refractivity contribution in [3.63, 3.8) is 0 Å². The molecule has 0 aliphatic carbocycles. The Morgan fingerprint density at radius 3 is 2.43 bits per heavy atom. The number of ether oxygens (including phenoxy) is 2. The molecule has 2 saturated heterocycles. The maximum Gasteiger partial charge on any atom is 0.336 e. The highest BCUT2D eigenvalue weighted by Crippen LogP contribution is 2.37. The second-order valence-electron chi connectivity index (χ2n) is 11.4. The Balaban J connectivity index is 1.15. The minimum Gasteiger partial charge on any atom is -0.394 e. The number of aromatic nitrogens is 8. The minimum atomic E-state index is -4.70. The number of carbonyl (C=O) groups is 1. The first-order chi connectivity index (χ1) is 22.3. The van der Waals surface area contributed by atoms with Crippen molar-refractivity contribution in [3.05, 3.63) is 39.7 Å². The highest BCUT2D eigenvalue weighted by molar-refractivity contribution is 7.84. The summed E-state index contributed by atoms with van der Waals surface area (Å²) >= 11 is 0. The summed E-state index contributed by atoms with van der Waals surface area (Å²) in [5, 5.41) is 23.3. The number of amides is 1. The average Bonchev–Trinajstić information content (AvgIpc) is 3.78. The second-order valence-corrected chi connectivity index (χ2v) is 12.8. The number of hydrogen-bond acceptors (Lipinski definition) is 14. The molecule has 47 heavy (non-hydrogen) atoms. The predicted molar refractivity (Wildman–Crippen MR) is 157 cm³/mol. The van der Waals surface area contributed by atoms with Gasteiger partial charge in [0.25, 0.3) is 11.1 Å². The Morgan fingerprint density at radius 2 is 1.74 bits per heavy atom. The molecule has 1 amide bonds. The lowest BCUT2D eigenvalue weighted by molar-refractivity contribution is -0.118. The van der Waals surface area contributed by atoms with Crippen molar-refractivity contribution in [3.8, 4) is 0 Å². The lowest BCUT2D eigenvalue weighted by Gasteiger charge is -2.20. The molecule has 6 heterocycles. The second kappa shape index (κ2) is 12.4. The van der Waals surface area contributed by atoms with Crippen LogP contribution in [0, 0.1) is 11.8 Å². The largest absolute Gasteiger partial charge is 0.394 e. The number of nitrogens with one attached hydrogen (secondary N) is 4. The molecule has 0 unspecified atom stereocenters. The third-order valence-corrected chi connectivity index (χ3v) is 8.99. The number of anilines is 1. The number of fused-ring (bicyclic) bond motifs is 2. The fourth-order valence-corrected chi connectivity index (χ4v) is 6.31. The molecule has 0 bridgehead atoms. The fourth-order valence-electron chi connectivity index (χ4n) is 5.35. The number of H-pyrrole nitrogens is 2. The van der Waals surface area contributed by atoms with Crippen molar-refractivity contribution in [2.24, 2.45) is 11.8 Å². The Kier molecular flexibility index (Phi) is 8.67. The lowest BCUT2D eigenvalue weighted by atomic mass is 10.0. The van der Waals surface area contributed by atoms with Gasteiger partial charge in [-0.25, -0.2) is 23.5 Å². The smallest absolute Gasteiger partial charge is 0.336 e. The molecule has 0 saturated carbocycles. The highest BCUT2D eigenvalue weighted by atomic mass is 32.2. The van der Waals surface area contributed by atoms with Crippen LogP contribution in [0.15, 0.2) is 28.6 Å². The van der Waals surface area contributed by atoms with Gasteiger partial charge in [0.05, 0.1) is 31.7 Å². The normalized spacial score (nSPS) is 28.1. The Labute approximate surface area is 263 Å². The first-order valence-corrected chi connectivity index (χ1v) is 15.8. The number of carbonyl (C=O) groups excluding carboxylic acids is 1. The Hall–Kier alpha value is -4.19. The van der Waals surface area contributed by atoms with Crippen LogP contribution in [0.1, 0.15) is 33.2 Å². The first kappa shape index (κ1) is 32.7. The number of imidazole rings is 2. The number of aliphatic hydroxyl groups is 2. The van der Waals surface area contributed by atoms with Gasteiger partial charge in [-0.1, -0.05) is 20.8 Å². The standard InChI is InChI=1S/C25H31FN10O10S/c1-9(2)20(39)33-25-32-19-15(22(41)34-25)30-8-36(19)24-16(38)10(3)11(44-24)4-31-47(42,43)46-17-12(5-37)45-23(13(17)26)35-7-29-14-18(35)27-6-28-21(14)40/h6-13,16-17,23-24,31,37-38H,4-5H2,1-3H3,(H,27,28,40)(H2,32,33,34,39,41)/t10-,11-,12-,13-,16-,17-,23-,24-/m1/s1. The van der Waals surface area contributed by atoms with Crippen molar-refractivity contribution in [1.82, 2.24) is 43.8 Å². The molecule has 254 valence electrons. The van der Waals surface area contributed by atoms with E-state index in [1.54, 1.807) is 20.8 Å². The molecule has 4 aromatic rings. The third-order valence-electron chi connectivity index (χ3n) is 7.99. The van der Waals surface area contributed by atoms with E-state index < -0.39 is 95.4 Å². The van der Waals surface area contributed by atoms with Crippen LogP contribution in [-0.4, -0.2) is 107 Å². The molecule has 2 aliphatic rings. The lowest BCUT2D eigenvalue weighted by Crippen LogP contribution is -2.42. The summed E-state index contributed by atoms with van der Waals surface area (Å²) < 4.78 is 62.7. The summed E-state index contributed by atoms with van der Waals surface area (Å²) in [5.41, 5.74) is -1.44. The summed E-state index contributed by atoms with van der Waals surface area (Å²) in [6.07, 6.45) is -6.80. The summed E-state index contributed by atoms with van der Waals surface area (Å²) in [4.78, 5) is 57.6. The predicted octanol–water partition coefficient (Wildman–Crippen LogP) is -1.81. The Morgan fingerprint density at radius 1 is 1.09 bits per heavy atom. The number of aliphatic hydroxyl groups excluding tert-OH is 2. The number of halogens is 1. The summed E-state index contributed by atoms with van der Waals surface area (Å²) in [5.74, 6) is -1.61. The number of aromatic amines is 2. The number of hydrogen-bond donors (Lipinski definition) is 6. The SMILES string of the molecule is CC(C)C(=O)Nc1nc2c(ncn2[C@@H]2O[C@H](CNS(=O)(=O)O[C@H]3[C@@H](F)[C@H](n4cnc5c(=O)[nH]cnc54)O[C@@H]3CO)[C@@H](C)[C@H]2O)c(=O)[nH]1. The van der Waals surface area contributed by atoms with Crippen LogP contribution in [0.25, 0.3) is 22.3 Å². The van der Waals surface area contributed by atoms with Gasteiger partial charge < -0.3 is 24.7 Å². The zero-order chi connectivity index (χ0) is 33.8. The van der Waals surface area contributed by atoms with Crippen LogP contribution in [0.5, 0.6) is 0 Å². The molecule has 22 heteroatoms. The molecule has 2 aliphatic heterocycles. The maximum atomic E-state index is 15.6. The van der Waals surface area contributed by atoms with E-state index >= 15 is 4.39 Å². The fraction of sp³-hybridized carbons (Fsp3) is 0.560. The molecule has 6 rings (SSSR count). The van der Waals surface area contributed by atoms with Gasteiger partial charge in [0.15, 0.2) is 41.0 Å². The van der Waals surface area contributed by atoms with E-state index in [1.807, 2.05) is 0 Å². The molecule has 6 N–H and O–H groups in total.